The summed E-state index contributed by atoms with van der Waals surface area (Å²) >= 11 is 0. The minimum Gasteiger partial charge on any atom is -0.354 e. The van der Waals surface area contributed by atoms with Gasteiger partial charge in [-0.15, -0.1) is 24.0 Å². The van der Waals surface area contributed by atoms with Crippen molar-refractivity contribution >= 4 is 41.8 Å². The van der Waals surface area contributed by atoms with E-state index in [1.54, 1.807) is 7.05 Å². The Morgan fingerprint density at radius 3 is 2.23 bits per heavy atom. The highest BCUT2D eigenvalue weighted by atomic mass is 127. The molecule has 8 nitrogen and oxygen atoms in total. The molecular formula is C17H33IN6O2. The van der Waals surface area contributed by atoms with E-state index in [-0.39, 0.29) is 41.7 Å². The summed E-state index contributed by atoms with van der Waals surface area (Å²) in [5.74, 6) is 1.06. The topological polar surface area (TPSA) is 89.1 Å². The molecule has 0 spiro atoms. The number of carbonyl (C=O) groups is 2. The highest BCUT2D eigenvalue weighted by Gasteiger charge is 2.25. The minimum absolute atomic E-state index is 0. The van der Waals surface area contributed by atoms with Gasteiger partial charge in [0.1, 0.15) is 0 Å². The lowest BCUT2D eigenvalue weighted by Gasteiger charge is -2.36. The summed E-state index contributed by atoms with van der Waals surface area (Å²) < 4.78 is 0. The van der Waals surface area contributed by atoms with Crippen LogP contribution in [0.15, 0.2) is 4.99 Å². The van der Waals surface area contributed by atoms with Crippen molar-refractivity contribution in [3.05, 3.63) is 0 Å². The van der Waals surface area contributed by atoms with Gasteiger partial charge in [0.2, 0.25) is 11.8 Å². The van der Waals surface area contributed by atoms with Crippen LogP contribution in [0.3, 0.4) is 0 Å². The molecule has 2 aliphatic rings. The fraction of sp³-hybridized carbons (Fsp3) is 0.824. The van der Waals surface area contributed by atoms with Crippen LogP contribution >= 0.6 is 24.0 Å². The Bertz CT molecular complexity index is 488. The average molecular weight is 480 g/mol. The molecule has 2 rings (SSSR count). The summed E-state index contributed by atoms with van der Waals surface area (Å²) in [6.45, 7) is 8.86. The quantitative estimate of drug-likeness (QED) is 0.204. The van der Waals surface area contributed by atoms with Gasteiger partial charge in [-0.05, 0) is 12.8 Å². The van der Waals surface area contributed by atoms with Crippen molar-refractivity contribution < 1.29 is 9.59 Å². The zero-order valence-corrected chi connectivity index (χ0v) is 18.4. The van der Waals surface area contributed by atoms with E-state index >= 15 is 0 Å². The highest BCUT2D eigenvalue weighted by Crippen LogP contribution is 2.18. The van der Waals surface area contributed by atoms with E-state index in [0.717, 1.165) is 45.0 Å². The molecule has 0 aromatic carbocycles. The van der Waals surface area contributed by atoms with Gasteiger partial charge in [0.05, 0.1) is 6.54 Å². The number of halogens is 1. The third-order valence-corrected chi connectivity index (χ3v) is 4.43. The molecule has 1 aliphatic heterocycles. The number of piperazine rings is 1. The molecule has 0 radical (unpaired) electrons. The lowest BCUT2D eigenvalue weighted by molar-refractivity contribution is -0.124. The zero-order chi connectivity index (χ0) is 18.2. The van der Waals surface area contributed by atoms with Crippen LogP contribution in [0, 0.1) is 5.92 Å². The van der Waals surface area contributed by atoms with Crippen molar-refractivity contribution in [2.24, 2.45) is 10.9 Å². The lowest BCUT2D eigenvalue weighted by Crippen LogP contribution is -2.54. The van der Waals surface area contributed by atoms with Crippen LogP contribution in [0.4, 0.5) is 0 Å². The second kappa shape index (κ2) is 11.6. The van der Waals surface area contributed by atoms with E-state index in [1.165, 1.54) is 0 Å². The standard InChI is InChI=1S/C17H32N6O2.HI/c1-13(2)16(25)19-6-7-20-17(18-3)23-10-8-22(9-11-23)12-15(24)21-14-4-5-14;/h13-14H,4-12H2,1-3H3,(H,18,20)(H,19,25)(H,21,24);1H. The van der Waals surface area contributed by atoms with Crippen molar-refractivity contribution in [1.82, 2.24) is 25.8 Å². The molecule has 2 fully saturated rings. The Hall–Kier alpha value is -1.10. The molecular weight excluding hydrogens is 447 g/mol. The summed E-state index contributed by atoms with van der Waals surface area (Å²) in [7, 11) is 1.77. The van der Waals surface area contributed by atoms with Crippen LogP contribution in [0.25, 0.3) is 0 Å². The normalized spacial score (nSPS) is 18.3. The molecule has 1 saturated heterocycles. The van der Waals surface area contributed by atoms with E-state index < -0.39 is 0 Å². The minimum atomic E-state index is 0. The first-order valence-corrected chi connectivity index (χ1v) is 9.24. The van der Waals surface area contributed by atoms with Gasteiger partial charge < -0.3 is 20.9 Å². The Morgan fingerprint density at radius 2 is 1.69 bits per heavy atom. The van der Waals surface area contributed by atoms with Crippen LogP contribution < -0.4 is 16.0 Å². The van der Waals surface area contributed by atoms with Crippen LogP contribution in [0.5, 0.6) is 0 Å². The lowest BCUT2D eigenvalue weighted by atomic mass is 10.2. The van der Waals surface area contributed by atoms with Crippen molar-refractivity contribution in [3.63, 3.8) is 0 Å². The molecule has 1 heterocycles. The van der Waals surface area contributed by atoms with Crippen LogP contribution in [0.2, 0.25) is 0 Å². The number of amides is 2. The van der Waals surface area contributed by atoms with Crippen LogP contribution in [-0.4, -0.2) is 86.5 Å². The monoisotopic (exact) mass is 480 g/mol. The number of guanidine groups is 1. The summed E-state index contributed by atoms with van der Waals surface area (Å²) in [6.07, 6.45) is 2.25. The van der Waals surface area contributed by atoms with Gasteiger partial charge in [-0.1, -0.05) is 13.8 Å². The van der Waals surface area contributed by atoms with Gasteiger partial charge in [0.15, 0.2) is 5.96 Å². The second-order valence-corrected chi connectivity index (χ2v) is 7.02. The van der Waals surface area contributed by atoms with Gasteiger partial charge in [-0.3, -0.25) is 19.5 Å². The van der Waals surface area contributed by atoms with E-state index in [4.69, 9.17) is 0 Å². The average Bonchev–Trinajstić information content (AvgIpc) is 3.39. The molecule has 3 N–H and O–H groups in total. The molecule has 2 amide bonds. The molecule has 9 heteroatoms. The van der Waals surface area contributed by atoms with E-state index in [9.17, 15) is 9.59 Å². The molecule has 0 aromatic rings. The number of hydrogen-bond donors (Lipinski definition) is 3. The fourth-order valence-electron chi connectivity index (χ4n) is 2.72. The zero-order valence-electron chi connectivity index (χ0n) is 16.1. The second-order valence-electron chi connectivity index (χ2n) is 7.02. The summed E-state index contributed by atoms with van der Waals surface area (Å²) in [4.78, 5) is 32.1. The number of carbonyl (C=O) groups excluding carboxylic acids is 2. The predicted molar refractivity (Wildman–Crippen MR) is 114 cm³/mol. The largest absolute Gasteiger partial charge is 0.354 e. The maximum Gasteiger partial charge on any atom is 0.234 e. The molecule has 0 bridgehead atoms. The summed E-state index contributed by atoms with van der Waals surface area (Å²) in [5.41, 5.74) is 0. The molecule has 0 aromatic heterocycles. The number of nitrogens with zero attached hydrogens (tertiary/aromatic N) is 3. The highest BCUT2D eigenvalue weighted by molar-refractivity contribution is 14.0. The molecule has 150 valence electrons. The molecule has 1 aliphatic carbocycles. The maximum absolute atomic E-state index is 11.9. The molecule has 0 atom stereocenters. The van der Waals surface area contributed by atoms with Crippen LogP contribution in [0.1, 0.15) is 26.7 Å². The van der Waals surface area contributed by atoms with Crippen molar-refractivity contribution in [3.8, 4) is 0 Å². The van der Waals surface area contributed by atoms with Gasteiger partial charge in [-0.25, -0.2) is 0 Å². The van der Waals surface area contributed by atoms with Crippen LogP contribution in [-0.2, 0) is 9.59 Å². The molecule has 26 heavy (non-hydrogen) atoms. The van der Waals surface area contributed by atoms with Gasteiger partial charge >= 0.3 is 0 Å². The van der Waals surface area contributed by atoms with Crippen molar-refractivity contribution in [2.45, 2.75) is 32.7 Å². The molecule has 1 saturated carbocycles. The number of rotatable bonds is 7. The Balaban J connectivity index is 0.00000338. The van der Waals surface area contributed by atoms with Crippen molar-refractivity contribution in [2.75, 3.05) is 52.9 Å². The third-order valence-electron chi connectivity index (χ3n) is 4.43. The van der Waals surface area contributed by atoms with E-state index in [2.05, 4.69) is 30.7 Å². The number of nitrogens with one attached hydrogen (secondary N) is 3. The number of aliphatic imine (C=N–C) groups is 1. The first-order chi connectivity index (χ1) is 12.0. The summed E-state index contributed by atoms with van der Waals surface area (Å²) in [5, 5.41) is 9.21. The number of hydrogen-bond acceptors (Lipinski definition) is 4. The smallest absolute Gasteiger partial charge is 0.234 e. The van der Waals surface area contributed by atoms with Gasteiger partial charge in [0.25, 0.3) is 0 Å². The SMILES string of the molecule is CN=C(NCCNC(=O)C(C)C)N1CCN(CC(=O)NC2CC2)CC1.I. The fourth-order valence-corrected chi connectivity index (χ4v) is 2.72. The van der Waals surface area contributed by atoms with Crippen molar-refractivity contribution in [1.29, 1.82) is 0 Å². The Labute approximate surface area is 173 Å². The maximum atomic E-state index is 11.9. The van der Waals surface area contributed by atoms with E-state index in [1.807, 2.05) is 13.8 Å². The Morgan fingerprint density at radius 1 is 1.08 bits per heavy atom. The van der Waals surface area contributed by atoms with Gasteiger partial charge in [-0.2, -0.15) is 0 Å². The van der Waals surface area contributed by atoms with Gasteiger partial charge in [0, 0.05) is 58.3 Å². The first-order valence-electron chi connectivity index (χ1n) is 9.24. The third kappa shape index (κ3) is 8.07. The summed E-state index contributed by atoms with van der Waals surface area (Å²) in [6, 6.07) is 0.424. The van der Waals surface area contributed by atoms with E-state index in [0.29, 0.717) is 25.7 Å². The Kier molecular flexibility index (Phi) is 10.2. The predicted octanol–water partition coefficient (Wildman–Crippen LogP) is -0.152. The first kappa shape index (κ1) is 22.9. The molecule has 0 unspecified atom stereocenters.